The molecule has 0 aromatic heterocycles. The van der Waals surface area contributed by atoms with Gasteiger partial charge in [-0.25, -0.2) is 0 Å². The predicted molar refractivity (Wildman–Crippen MR) is 147 cm³/mol. The van der Waals surface area contributed by atoms with E-state index in [1.54, 1.807) is 42.5 Å². The highest BCUT2D eigenvalue weighted by Crippen LogP contribution is 2.31. The van der Waals surface area contributed by atoms with Crippen LogP contribution in [0.3, 0.4) is 0 Å². The van der Waals surface area contributed by atoms with E-state index in [0.717, 1.165) is 18.6 Å². The molecule has 0 aliphatic carbocycles. The van der Waals surface area contributed by atoms with E-state index in [0.29, 0.717) is 38.8 Å². The van der Waals surface area contributed by atoms with Gasteiger partial charge >= 0.3 is 0 Å². The van der Waals surface area contributed by atoms with E-state index in [1.807, 2.05) is 6.07 Å². The van der Waals surface area contributed by atoms with Gasteiger partial charge in [0.25, 0.3) is 0 Å². The van der Waals surface area contributed by atoms with Crippen LogP contribution in [0.2, 0.25) is 10.0 Å². The molecule has 4 aromatic rings. The number of rotatable bonds is 8. The van der Waals surface area contributed by atoms with Crippen LogP contribution < -0.4 is 4.74 Å². The Morgan fingerprint density at radius 3 is 2.14 bits per heavy atom. The first-order valence-electron chi connectivity index (χ1n) is 12.0. The van der Waals surface area contributed by atoms with Crippen LogP contribution in [0.25, 0.3) is 10.8 Å². The van der Waals surface area contributed by atoms with Crippen molar-refractivity contribution in [3.8, 4) is 11.5 Å². The van der Waals surface area contributed by atoms with Gasteiger partial charge in [0.1, 0.15) is 11.5 Å². The number of hydrogen-bond acceptors (Lipinski definition) is 2. The lowest BCUT2D eigenvalue weighted by molar-refractivity contribution is 0.103. The summed E-state index contributed by atoms with van der Waals surface area (Å²) in [5.41, 5.74) is 3.66. The summed E-state index contributed by atoms with van der Waals surface area (Å²) >= 11 is 12.2. The van der Waals surface area contributed by atoms with Crippen molar-refractivity contribution in [1.29, 1.82) is 0 Å². The van der Waals surface area contributed by atoms with Crippen molar-refractivity contribution < 1.29 is 9.53 Å². The summed E-state index contributed by atoms with van der Waals surface area (Å²) in [5, 5.41) is 3.32. The van der Waals surface area contributed by atoms with Gasteiger partial charge in [0.15, 0.2) is 5.78 Å². The zero-order valence-corrected chi connectivity index (χ0v) is 22.1. The highest BCUT2D eigenvalue weighted by Gasteiger charge is 2.14. The van der Waals surface area contributed by atoms with Crippen LogP contribution in [0.1, 0.15) is 54.7 Å². The lowest BCUT2D eigenvalue weighted by Gasteiger charge is -2.15. The van der Waals surface area contributed by atoms with Crippen molar-refractivity contribution in [2.24, 2.45) is 11.8 Å². The molecule has 0 saturated heterocycles. The van der Waals surface area contributed by atoms with Gasteiger partial charge in [0, 0.05) is 16.1 Å². The molecule has 0 saturated carbocycles. The van der Waals surface area contributed by atoms with Crippen molar-refractivity contribution in [1.82, 2.24) is 0 Å². The molecule has 4 aromatic carbocycles. The molecule has 0 fully saturated rings. The van der Waals surface area contributed by atoms with Crippen molar-refractivity contribution in [2.75, 3.05) is 0 Å². The second kappa shape index (κ2) is 10.8. The molecule has 180 valence electrons. The van der Waals surface area contributed by atoms with Gasteiger partial charge in [-0.15, -0.1) is 0 Å². The zero-order chi connectivity index (χ0) is 25.1. The first-order chi connectivity index (χ1) is 16.7. The molecular formula is C31H30Cl2O2. The number of hydrogen-bond donors (Lipinski definition) is 0. The number of fused-ring (bicyclic) bond motifs is 1. The number of carbonyl (C=O) groups excluding carboxylic acids is 1. The van der Waals surface area contributed by atoms with Crippen LogP contribution in [-0.4, -0.2) is 5.78 Å². The number of carbonyl (C=O) groups is 1. The molecule has 0 radical (unpaired) electrons. The quantitative estimate of drug-likeness (QED) is 0.223. The van der Waals surface area contributed by atoms with Gasteiger partial charge in [0.05, 0.1) is 5.02 Å². The van der Waals surface area contributed by atoms with E-state index in [1.165, 1.54) is 21.9 Å². The smallest absolute Gasteiger partial charge is 0.194 e. The first-order valence-corrected chi connectivity index (χ1v) is 12.8. The highest BCUT2D eigenvalue weighted by atomic mass is 35.5. The third-order valence-electron chi connectivity index (χ3n) is 5.87. The minimum Gasteiger partial charge on any atom is -0.457 e. The molecule has 0 aliphatic heterocycles. The molecular weight excluding hydrogens is 475 g/mol. The fourth-order valence-electron chi connectivity index (χ4n) is 4.38. The standard InChI is InChI=1S/C31H30Cl2O2/c1-19(2)13-21-15-23-7-11-27(18-28(23)24(16-21)14-20(3)4)35-26-9-5-22(6-10-26)31(34)29-17-25(32)8-12-30(29)33/h5-12,15-20H,13-14H2,1-4H3. The molecule has 0 spiro atoms. The third-order valence-corrected chi connectivity index (χ3v) is 6.43. The minimum absolute atomic E-state index is 0.176. The van der Waals surface area contributed by atoms with E-state index in [4.69, 9.17) is 27.9 Å². The van der Waals surface area contributed by atoms with E-state index < -0.39 is 0 Å². The topological polar surface area (TPSA) is 26.3 Å². The Morgan fingerprint density at radius 2 is 1.46 bits per heavy atom. The van der Waals surface area contributed by atoms with Crippen LogP contribution in [0, 0.1) is 11.8 Å². The maximum absolute atomic E-state index is 12.9. The minimum atomic E-state index is -0.176. The summed E-state index contributed by atoms with van der Waals surface area (Å²) in [6.45, 7) is 9.01. The lowest BCUT2D eigenvalue weighted by Crippen LogP contribution is -2.02. The second-order valence-corrected chi connectivity index (χ2v) is 10.8. The van der Waals surface area contributed by atoms with Crippen molar-refractivity contribution in [3.05, 3.63) is 105 Å². The van der Waals surface area contributed by atoms with E-state index in [-0.39, 0.29) is 5.78 Å². The molecule has 0 aliphatic rings. The van der Waals surface area contributed by atoms with Gasteiger partial charge in [0.2, 0.25) is 0 Å². The molecule has 4 heteroatoms. The van der Waals surface area contributed by atoms with E-state index >= 15 is 0 Å². The Kier molecular flexibility index (Phi) is 7.84. The maximum Gasteiger partial charge on any atom is 0.194 e. The number of ketones is 1. The van der Waals surface area contributed by atoms with Crippen LogP contribution in [-0.2, 0) is 12.8 Å². The van der Waals surface area contributed by atoms with E-state index in [9.17, 15) is 4.79 Å². The monoisotopic (exact) mass is 504 g/mol. The average Bonchev–Trinajstić information content (AvgIpc) is 2.80. The maximum atomic E-state index is 12.9. The molecule has 2 nitrogen and oxygen atoms in total. The number of benzene rings is 4. The molecule has 0 unspecified atom stereocenters. The molecule has 0 N–H and O–H groups in total. The van der Waals surface area contributed by atoms with Crippen molar-refractivity contribution in [2.45, 2.75) is 40.5 Å². The normalized spacial score (nSPS) is 11.4. The van der Waals surface area contributed by atoms with Gasteiger partial charge in [-0.3, -0.25) is 4.79 Å². The van der Waals surface area contributed by atoms with Gasteiger partial charge in [-0.05, 0) is 101 Å². The molecule has 0 amide bonds. The summed E-state index contributed by atoms with van der Waals surface area (Å²) < 4.78 is 6.17. The summed E-state index contributed by atoms with van der Waals surface area (Å²) in [6.07, 6.45) is 2.10. The molecule has 35 heavy (non-hydrogen) atoms. The van der Waals surface area contributed by atoms with Crippen LogP contribution >= 0.6 is 23.2 Å². The molecule has 0 heterocycles. The van der Waals surface area contributed by atoms with Crippen LogP contribution in [0.5, 0.6) is 11.5 Å². The second-order valence-electron chi connectivity index (χ2n) is 9.91. The first kappa shape index (κ1) is 25.3. The fraction of sp³-hybridized carbons (Fsp3) is 0.258. The highest BCUT2D eigenvalue weighted by molar-refractivity contribution is 6.36. The van der Waals surface area contributed by atoms with Crippen LogP contribution in [0.15, 0.2) is 72.8 Å². The van der Waals surface area contributed by atoms with Crippen LogP contribution in [0.4, 0.5) is 0 Å². The van der Waals surface area contributed by atoms with Crippen molar-refractivity contribution >= 4 is 39.8 Å². The third kappa shape index (κ3) is 6.25. The SMILES string of the molecule is CC(C)Cc1cc(CC(C)C)c2cc(Oc3ccc(C(=O)c4cc(Cl)ccc4Cl)cc3)ccc2c1. The van der Waals surface area contributed by atoms with E-state index in [2.05, 4.69) is 52.0 Å². The van der Waals surface area contributed by atoms with Gasteiger partial charge < -0.3 is 4.74 Å². The molecule has 0 atom stereocenters. The lowest BCUT2D eigenvalue weighted by atomic mass is 9.92. The Labute approximate surface area is 217 Å². The number of ether oxygens (including phenoxy) is 1. The Morgan fingerprint density at radius 1 is 0.771 bits per heavy atom. The Hall–Kier alpha value is -2.81. The Balaban J connectivity index is 1.59. The zero-order valence-electron chi connectivity index (χ0n) is 20.6. The predicted octanol–water partition coefficient (Wildman–Crippen LogP) is 9.57. The average molecular weight is 505 g/mol. The molecule has 0 bridgehead atoms. The number of halogens is 2. The van der Waals surface area contributed by atoms with Gasteiger partial charge in [-0.1, -0.05) is 69.1 Å². The fourth-order valence-corrected chi connectivity index (χ4v) is 4.76. The summed E-state index contributed by atoms with van der Waals surface area (Å²) in [4.78, 5) is 12.9. The largest absolute Gasteiger partial charge is 0.457 e. The van der Waals surface area contributed by atoms with Gasteiger partial charge in [-0.2, -0.15) is 0 Å². The summed E-state index contributed by atoms with van der Waals surface area (Å²) in [5.74, 6) is 2.45. The summed E-state index contributed by atoms with van der Waals surface area (Å²) in [6, 6.07) is 22.9. The Bertz CT molecular complexity index is 1350. The molecule has 4 rings (SSSR count). The van der Waals surface area contributed by atoms with Crippen molar-refractivity contribution in [3.63, 3.8) is 0 Å². The summed E-state index contributed by atoms with van der Waals surface area (Å²) in [7, 11) is 0.